The van der Waals surface area contributed by atoms with Crippen molar-refractivity contribution in [2.75, 3.05) is 0 Å². The molecule has 0 N–H and O–H groups in total. The van der Waals surface area contributed by atoms with E-state index in [1.165, 1.54) is 13.0 Å². The van der Waals surface area contributed by atoms with Gasteiger partial charge in [-0.3, -0.25) is 0 Å². The maximum absolute atomic E-state index is 11.0. The smallest absolute Gasteiger partial charge is 0.0718 e. The van der Waals surface area contributed by atoms with Gasteiger partial charge >= 0.3 is 0 Å². The van der Waals surface area contributed by atoms with Crippen LogP contribution in [0.2, 0.25) is 0 Å². The summed E-state index contributed by atoms with van der Waals surface area (Å²) >= 11 is 3.26. The van der Waals surface area contributed by atoms with Gasteiger partial charge in [-0.05, 0) is 42.3 Å². The fraction of sp³-hybridized carbons (Fsp3) is 0.0769. The highest BCUT2D eigenvalue weighted by atomic mass is 79.9. The van der Waals surface area contributed by atoms with Gasteiger partial charge in [0.1, 0.15) is 0 Å². The first-order valence-corrected chi connectivity index (χ1v) is 5.77. The van der Waals surface area contributed by atoms with Crippen molar-refractivity contribution in [1.82, 2.24) is 0 Å². The van der Waals surface area contributed by atoms with Gasteiger partial charge in [0, 0.05) is 10.0 Å². The zero-order valence-corrected chi connectivity index (χ0v) is 11.1. The predicted octanol–water partition coefficient (Wildman–Crippen LogP) is 0.279. The third-order valence-electron chi connectivity index (χ3n) is 2.16. The van der Waals surface area contributed by atoms with Crippen LogP contribution in [0.4, 0.5) is 0 Å². The second-order valence-electron chi connectivity index (χ2n) is 3.54. The Hall–Kier alpha value is -1.88. The van der Waals surface area contributed by atoms with Crippen LogP contribution in [0.25, 0.3) is 6.08 Å². The molecular weight excluding hydrogens is 300 g/mol. The molecule has 0 aliphatic carbocycles. The van der Waals surface area contributed by atoms with E-state index in [1.54, 1.807) is 24.3 Å². The molecule has 0 aliphatic rings. The standard InChI is InChI=1S/C13H11BrO4/c1-8(6-12(15)16)11(13(17)18)7-9-2-4-10(14)5-3-9/h2-7H,1H3,(H,15,16)(H,17,18)/p-2. The van der Waals surface area contributed by atoms with Gasteiger partial charge < -0.3 is 19.8 Å². The van der Waals surface area contributed by atoms with Crippen molar-refractivity contribution >= 4 is 33.9 Å². The van der Waals surface area contributed by atoms with Crippen LogP contribution in [-0.4, -0.2) is 11.9 Å². The Morgan fingerprint density at radius 1 is 1.17 bits per heavy atom. The van der Waals surface area contributed by atoms with E-state index in [0.717, 1.165) is 10.5 Å². The summed E-state index contributed by atoms with van der Waals surface area (Å²) in [6, 6.07) is 6.88. The lowest BCUT2D eigenvalue weighted by Gasteiger charge is -2.10. The number of carboxylic acids is 2. The van der Waals surface area contributed by atoms with E-state index in [2.05, 4.69) is 15.9 Å². The summed E-state index contributed by atoms with van der Waals surface area (Å²) < 4.78 is 0.858. The summed E-state index contributed by atoms with van der Waals surface area (Å²) in [7, 11) is 0. The number of aliphatic carboxylic acids is 2. The van der Waals surface area contributed by atoms with Crippen LogP contribution < -0.4 is 10.2 Å². The second kappa shape index (κ2) is 6.16. The van der Waals surface area contributed by atoms with Crippen LogP contribution >= 0.6 is 15.9 Å². The van der Waals surface area contributed by atoms with E-state index in [0.29, 0.717) is 5.56 Å². The summed E-state index contributed by atoms with van der Waals surface area (Å²) in [6.45, 7) is 1.37. The maximum atomic E-state index is 11.0. The molecule has 0 unspecified atom stereocenters. The Labute approximate surface area is 112 Å². The molecule has 0 aliphatic heterocycles. The molecule has 0 spiro atoms. The van der Waals surface area contributed by atoms with Gasteiger partial charge in [-0.2, -0.15) is 0 Å². The minimum Gasteiger partial charge on any atom is -0.545 e. The van der Waals surface area contributed by atoms with E-state index < -0.39 is 11.9 Å². The summed E-state index contributed by atoms with van der Waals surface area (Å²) in [5.74, 6) is -2.89. The lowest BCUT2D eigenvalue weighted by Crippen LogP contribution is -2.26. The van der Waals surface area contributed by atoms with E-state index in [-0.39, 0.29) is 11.1 Å². The fourth-order valence-electron chi connectivity index (χ4n) is 1.31. The molecule has 0 heterocycles. The van der Waals surface area contributed by atoms with Crippen molar-refractivity contribution in [3.8, 4) is 0 Å². The summed E-state index contributed by atoms with van der Waals surface area (Å²) in [6.07, 6.45) is 2.07. The van der Waals surface area contributed by atoms with Crippen LogP contribution in [0.1, 0.15) is 12.5 Å². The van der Waals surface area contributed by atoms with E-state index in [4.69, 9.17) is 0 Å². The van der Waals surface area contributed by atoms with Crippen molar-refractivity contribution < 1.29 is 19.8 Å². The monoisotopic (exact) mass is 308 g/mol. The number of rotatable bonds is 4. The lowest BCUT2D eigenvalue weighted by atomic mass is 10.0. The minimum atomic E-state index is -1.45. The minimum absolute atomic E-state index is 0.0675. The fourth-order valence-corrected chi connectivity index (χ4v) is 1.58. The van der Waals surface area contributed by atoms with Gasteiger partial charge in [-0.15, -0.1) is 0 Å². The van der Waals surface area contributed by atoms with Crippen LogP contribution in [0.5, 0.6) is 0 Å². The van der Waals surface area contributed by atoms with E-state index in [9.17, 15) is 19.8 Å². The van der Waals surface area contributed by atoms with Gasteiger partial charge in [-0.25, -0.2) is 0 Å². The number of carbonyl (C=O) groups excluding carboxylic acids is 2. The normalized spacial score (nSPS) is 12.3. The zero-order chi connectivity index (χ0) is 13.7. The Morgan fingerprint density at radius 3 is 2.17 bits per heavy atom. The number of halogens is 1. The molecule has 4 nitrogen and oxygen atoms in total. The van der Waals surface area contributed by atoms with Crippen LogP contribution in [0, 0.1) is 0 Å². The molecule has 1 rings (SSSR count). The Balaban J connectivity index is 3.17. The topological polar surface area (TPSA) is 80.3 Å². The van der Waals surface area contributed by atoms with Crippen molar-refractivity contribution in [3.63, 3.8) is 0 Å². The summed E-state index contributed by atoms with van der Waals surface area (Å²) in [4.78, 5) is 21.4. The lowest BCUT2D eigenvalue weighted by molar-refractivity contribution is -0.298. The molecule has 0 aromatic heterocycles. The van der Waals surface area contributed by atoms with Gasteiger partial charge in [0.2, 0.25) is 0 Å². The molecule has 0 saturated carbocycles. The highest BCUT2D eigenvalue weighted by Crippen LogP contribution is 2.16. The maximum Gasteiger partial charge on any atom is 0.0718 e. The largest absolute Gasteiger partial charge is 0.545 e. The molecule has 1 aromatic rings. The third kappa shape index (κ3) is 4.18. The third-order valence-corrected chi connectivity index (χ3v) is 2.69. The number of carbonyl (C=O) groups is 2. The molecule has 0 bridgehead atoms. The predicted molar refractivity (Wildman–Crippen MR) is 65.9 cm³/mol. The zero-order valence-electron chi connectivity index (χ0n) is 9.48. The first-order chi connectivity index (χ1) is 8.40. The molecular formula is C13H9BrO4-2. The average Bonchev–Trinajstić information content (AvgIpc) is 2.26. The van der Waals surface area contributed by atoms with Gasteiger partial charge in [0.25, 0.3) is 0 Å². The van der Waals surface area contributed by atoms with Crippen LogP contribution in [0.3, 0.4) is 0 Å². The molecule has 0 amide bonds. The summed E-state index contributed by atoms with van der Waals surface area (Å²) in [5.41, 5.74) is 0.503. The molecule has 18 heavy (non-hydrogen) atoms. The molecule has 0 radical (unpaired) electrons. The van der Waals surface area contributed by atoms with Gasteiger partial charge in [0.15, 0.2) is 0 Å². The van der Waals surface area contributed by atoms with Gasteiger partial charge in [0.05, 0.1) is 11.9 Å². The quantitative estimate of drug-likeness (QED) is 0.591. The highest BCUT2D eigenvalue weighted by Gasteiger charge is 2.02. The number of hydrogen-bond donors (Lipinski definition) is 0. The molecule has 0 fully saturated rings. The SMILES string of the molecule is CC(=CC(=O)[O-])C(=Cc1ccc(Br)cc1)C(=O)[O-]. The van der Waals surface area contributed by atoms with Crippen molar-refractivity contribution in [2.24, 2.45) is 0 Å². The molecule has 0 atom stereocenters. The van der Waals surface area contributed by atoms with Crippen LogP contribution in [-0.2, 0) is 9.59 Å². The van der Waals surface area contributed by atoms with Crippen molar-refractivity contribution in [3.05, 3.63) is 51.5 Å². The van der Waals surface area contributed by atoms with Crippen molar-refractivity contribution in [2.45, 2.75) is 6.92 Å². The first-order valence-electron chi connectivity index (χ1n) is 4.98. The molecule has 5 heteroatoms. The average molecular weight is 309 g/mol. The van der Waals surface area contributed by atoms with Crippen molar-refractivity contribution in [1.29, 1.82) is 0 Å². The Bertz CT molecular complexity index is 526. The van der Waals surface area contributed by atoms with E-state index in [1.807, 2.05) is 0 Å². The Kier molecular flexibility index (Phi) is 4.85. The molecule has 1 aromatic carbocycles. The number of carboxylic acid groups (broad SMARTS) is 2. The second-order valence-corrected chi connectivity index (χ2v) is 4.46. The molecule has 94 valence electrons. The van der Waals surface area contributed by atoms with Crippen LogP contribution in [0.15, 0.2) is 46.0 Å². The van der Waals surface area contributed by atoms with Gasteiger partial charge in [-0.1, -0.05) is 28.1 Å². The Morgan fingerprint density at radius 2 is 1.72 bits per heavy atom. The number of benzene rings is 1. The molecule has 0 saturated heterocycles. The first kappa shape index (κ1) is 14.2. The number of hydrogen-bond acceptors (Lipinski definition) is 4. The summed E-state index contributed by atoms with van der Waals surface area (Å²) in [5, 5.41) is 21.4. The van der Waals surface area contributed by atoms with E-state index >= 15 is 0 Å². The highest BCUT2D eigenvalue weighted by molar-refractivity contribution is 9.10.